The monoisotopic (exact) mass is 255 g/mol. The van der Waals surface area contributed by atoms with Gasteiger partial charge in [-0.05, 0) is 61.1 Å². The summed E-state index contributed by atoms with van der Waals surface area (Å²) in [4.78, 5) is 0. The highest BCUT2D eigenvalue weighted by molar-refractivity contribution is 5.35. The number of fused-ring (bicyclic) bond motifs is 1. The first-order valence-corrected chi connectivity index (χ1v) is 7.33. The minimum atomic E-state index is 0.553. The molecule has 1 heterocycles. The van der Waals surface area contributed by atoms with Gasteiger partial charge in [-0.1, -0.05) is 25.1 Å². The van der Waals surface area contributed by atoms with E-state index in [0.717, 1.165) is 18.5 Å². The third-order valence-corrected chi connectivity index (χ3v) is 4.26. The number of nitrogens with zero attached hydrogens (tertiary/aromatic N) is 2. The molecule has 0 saturated heterocycles. The molecule has 2 aromatic rings. The Morgan fingerprint density at radius 2 is 2.05 bits per heavy atom. The first-order valence-electron chi connectivity index (χ1n) is 7.33. The highest BCUT2D eigenvalue weighted by Gasteiger charge is 2.15. The number of H-pyrrole nitrogens is 1. The highest BCUT2D eigenvalue weighted by Crippen LogP contribution is 2.28. The summed E-state index contributed by atoms with van der Waals surface area (Å²) in [6.45, 7) is 2.25. The second kappa shape index (κ2) is 5.55. The van der Waals surface area contributed by atoms with E-state index in [1.807, 2.05) is 6.20 Å². The van der Waals surface area contributed by atoms with Crippen molar-refractivity contribution < 1.29 is 0 Å². The Kier molecular flexibility index (Phi) is 3.62. The van der Waals surface area contributed by atoms with Crippen molar-refractivity contribution in [3.8, 4) is 0 Å². The van der Waals surface area contributed by atoms with Crippen LogP contribution in [0.5, 0.6) is 0 Å². The Morgan fingerprint density at radius 3 is 2.79 bits per heavy atom. The lowest BCUT2D eigenvalue weighted by Crippen LogP contribution is -2.07. The fraction of sp³-hybridized carbons (Fsp3) is 0.500. The zero-order valence-electron chi connectivity index (χ0n) is 11.5. The van der Waals surface area contributed by atoms with E-state index in [2.05, 4.69) is 40.5 Å². The van der Waals surface area contributed by atoms with Gasteiger partial charge in [-0.2, -0.15) is 15.4 Å². The van der Waals surface area contributed by atoms with Crippen LogP contribution < -0.4 is 0 Å². The van der Waals surface area contributed by atoms with E-state index in [1.54, 1.807) is 11.1 Å². The fourth-order valence-corrected chi connectivity index (χ4v) is 3.08. The molecule has 0 bridgehead atoms. The van der Waals surface area contributed by atoms with Gasteiger partial charge in [0.05, 0.1) is 11.9 Å². The second-order valence-electron chi connectivity index (χ2n) is 5.51. The van der Waals surface area contributed by atoms with Crippen LogP contribution >= 0.6 is 0 Å². The summed E-state index contributed by atoms with van der Waals surface area (Å²) in [6.07, 6.45) is 9.16. The molecule has 1 unspecified atom stereocenters. The first-order chi connectivity index (χ1) is 9.36. The van der Waals surface area contributed by atoms with Crippen molar-refractivity contribution in [1.29, 1.82) is 0 Å². The summed E-state index contributed by atoms with van der Waals surface area (Å²) >= 11 is 0. The number of aromatic nitrogens is 3. The molecule has 0 aliphatic heterocycles. The lowest BCUT2D eigenvalue weighted by atomic mass is 9.85. The van der Waals surface area contributed by atoms with Crippen LogP contribution in [0.2, 0.25) is 0 Å². The van der Waals surface area contributed by atoms with Gasteiger partial charge >= 0.3 is 0 Å². The second-order valence-corrected chi connectivity index (χ2v) is 5.51. The van der Waals surface area contributed by atoms with Crippen LogP contribution in [0.3, 0.4) is 0 Å². The van der Waals surface area contributed by atoms with Crippen LogP contribution in [0.25, 0.3) is 0 Å². The highest BCUT2D eigenvalue weighted by atomic mass is 15.3. The van der Waals surface area contributed by atoms with Gasteiger partial charge in [0.15, 0.2) is 0 Å². The standard InChI is InChI=1S/C16H21N3/c1-2-12(10-16-11-17-19-18-16)15-8-7-13-5-3-4-6-14(13)9-15/h7-9,11-12H,2-6,10H2,1H3,(H,17,18,19). The minimum Gasteiger partial charge on any atom is -0.198 e. The van der Waals surface area contributed by atoms with E-state index in [-0.39, 0.29) is 0 Å². The molecule has 3 rings (SSSR count). The van der Waals surface area contributed by atoms with Gasteiger partial charge < -0.3 is 0 Å². The molecule has 0 spiro atoms. The molecule has 3 nitrogen and oxygen atoms in total. The average Bonchev–Trinajstić information content (AvgIpc) is 2.97. The molecule has 1 N–H and O–H groups in total. The Hall–Kier alpha value is -1.64. The molecule has 0 saturated carbocycles. The van der Waals surface area contributed by atoms with Crippen molar-refractivity contribution >= 4 is 0 Å². The first kappa shape index (κ1) is 12.4. The van der Waals surface area contributed by atoms with Crippen molar-refractivity contribution in [3.63, 3.8) is 0 Å². The number of benzene rings is 1. The lowest BCUT2D eigenvalue weighted by Gasteiger charge is -2.20. The van der Waals surface area contributed by atoms with Crippen LogP contribution in [0, 0.1) is 0 Å². The van der Waals surface area contributed by atoms with Gasteiger partial charge in [0, 0.05) is 0 Å². The van der Waals surface area contributed by atoms with E-state index in [1.165, 1.54) is 31.2 Å². The van der Waals surface area contributed by atoms with E-state index in [4.69, 9.17) is 0 Å². The van der Waals surface area contributed by atoms with Gasteiger partial charge in [0.25, 0.3) is 0 Å². The van der Waals surface area contributed by atoms with Crippen LogP contribution in [-0.2, 0) is 19.3 Å². The maximum atomic E-state index is 4.18. The summed E-state index contributed by atoms with van der Waals surface area (Å²) in [5.41, 5.74) is 5.66. The molecule has 1 atom stereocenters. The van der Waals surface area contributed by atoms with E-state index in [9.17, 15) is 0 Å². The zero-order valence-corrected chi connectivity index (χ0v) is 11.5. The smallest absolute Gasteiger partial charge is 0.0830 e. The maximum absolute atomic E-state index is 4.18. The van der Waals surface area contributed by atoms with Crippen LogP contribution in [0.15, 0.2) is 24.4 Å². The number of rotatable bonds is 4. The molecule has 0 radical (unpaired) electrons. The number of nitrogens with one attached hydrogen (secondary N) is 1. The van der Waals surface area contributed by atoms with E-state index in [0.29, 0.717) is 5.92 Å². The topological polar surface area (TPSA) is 41.6 Å². The lowest BCUT2D eigenvalue weighted by molar-refractivity contribution is 0.639. The van der Waals surface area contributed by atoms with Gasteiger partial charge in [0.1, 0.15) is 0 Å². The van der Waals surface area contributed by atoms with Gasteiger partial charge in [-0.25, -0.2) is 0 Å². The van der Waals surface area contributed by atoms with Crippen molar-refractivity contribution in [3.05, 3.63) is 46.8 Å². The molecule has 1 aromatic carbocycles. The van der Waals surface area contributed by atoms with Gasteiger partial charge in [-0.3, -0.25) is 0 Å². The van der Waals surface area contributed by atoms with E-state index < -0.39 is 0 Å². The minimum absolute atomic E-state index is 0.553. The van der Waals surface area contributed by atoms with E-state index >= 15 is 0 Å². The number of hydrogen-bond donors (Lipinski definition) is 1. The molecule has 19 heavy (non-hydrogen) atoms. The summed E-state index contributed by atoms with van der Waals surface area (Å²) in [7, 11) is 0. The molecule has 100 valence electrons. The van der Waals surface area contributed by atoms with Crippen molar-refractivity contribution in [2.24, 2.45) is 0 Å². The quantitative estimate of drug-likeness (QED) is 0.909. The predicted octanol–water partition coefficient (Wildman–Crippen LogP) is 3.42. The molecule has 0 amide bonds. The molecular weight excluding hydrogens is 234 g/mol. The third-order valence-electron chi connectivity index (χ3n) is 4.26. The van der Waals surface area contributed by atoms with Crippen molar-refractivity contribution in [2.45, 2.75) is 51.4 Å². The number of aryl methyl sites for hydroxylation is 2. The predicted molar refractivity (Wildman–Crippen MR) is 76.2 cm³/mol. The summed E-state index contributed by atoms with van der Waals surface area (Å²) in [5, 5.41) is 10.8. The molecule has 1 aliphatic carbocycles. The summed E-state index contributed by atoms with van der Waals surface area (Å²) in [6, 6.07) is 7.09. The van der Waals surface area contributed by atoms with Crippen LogP contribution in [-0.4, -0.2) is 15.4 Å². The maximum Gasteiger partial charge on any atom is 0.0830 e. The van der Waals surface area contributed by atoms with Crippen LogP contribution in [0.1, 0.15) is 54.5 Å². The molecule has 1 aliphatic rings. The molecule has 3 heteroatoms. The fourth-order valence-electron chi connectivity index (χ4n) is 3.08. The summed E-state index contributed by atoms with van der Waals surface area (Å²) in [5.74, 6) is 0.553. The Morgan fingerprint density at radius 1 is 1.21 bits per heavy atom. The van der Waals surface area contributed by atoms with Crippen LogP contribution in [0.4, 0.5) is 0 Å². The molecule has 0 fully saturated rings. The normalized spacial score (nSPS) is 16.1. The number of aromatic amines is 1. The van der Waals surface area contributed by atoms with Gasteiger partial charge in [-0.15, -0.1) is 0 Å². The Labute approximate surface area is 114 Å². The molecular formula is C16H21N3. The summed E-state index contributed by atoms with van der Waals surface area (Å²) < 4.78 is 0. The Bertz CT molecular complexity index is 531. The Balaban J connectivity index is 1.82. The third kappa shape index (κ3) is 2.70. The largest absolute Gasteiger partial charge is 0.198 e. The SMILES string of the molecule is CCC(Cc1cn[nH]n1)c1ccc2c(c1)CCCC2. The van der Waals surface area contributed by atoms with Crippen molar-refractivity contribution in [1.82, 2.24) is 15.4 Å². The molecule has 1 aromatic heterocycles. The number of hydrogen-bond acceptors (Lipinski definition) is 2. The van der Waals surface area contributed by atoms with Crippen molar-refractivity contribution in [2.75, 3.05) is 0 Å². The zero-order chi connectivity index (χ0) is 13.1. The average molecular weight is 255 g/mol. The van der Waals surface area contributed by atoms with Gasteiger partial charge in [0.2, 0.25) is 0 Å².